The predicted molar refractivity (Wildman–Crippen MR) is 62.5 cm³/mol. The number of aliphatic hydroxyl groups excluding tert-OH is 1. The van der Waals surface area contributed by atoms with Crippen LogP contribution in [0.5, 0.6) is 0 Å². The topological polar surface area (TPSA) is 97.5 Å². The lowest BCUT2D eigenvalue weighted by Crippen LogP contribution is -2.21. The van der Waals surface area contributed by atoms with Crippen molar-refractivity contribution in [2.24, 2.45) is 0 Å². The third-order valence-corrected chi connectivity index (χ3v) is 4.37. The van der Waals surface area contributed by atoms with E-state index < -0.39 is 25.6 Å². The van der Waals surface area contributed by atoms with Crippen LogP contribution in [0.3, 0.4) is 0 Å². The smallest absolute Gasteiger partial charge is 0.269 e. The highest BCUT2D eigenvalue weighted by atomic mass is 35.5. The summed E-state index contributed by atoms with van der Waals surface area (Å²) in [5.74, 6) is 0. The minimum Gasteiger partial charge on any atom is -0.386 e. The summed E-state index contributed by atoms with van der Waals surface area (Å²) in [6, 6.07) is 5.05. The maximum absolute atomic E-state index is 11.1. The van der Waals surface area contributed by atoms with Crippen LogP contribution in [0.4, 0.5) is 5.69 Å². The van der Waals surface area contributed by atoms with E-state index in [0.29, 0.717) is 0 Å². The maximum Gasteiger partial charge on any atom is 0.269 e. The van der Waals surface area contributed by atoms with E-state index in [1.807, 2.05) is 0 Å². The van der Waals surface area contributed by atoms with E-state index in [4.69, 9.17) is 11.6 Å². The molecule has 0 spiro atoms. The first-order valence-electron chi connectivity index (χ1n) is 4.49. The largest absolute Gasteiger partial charge is 0.386 e. The Hall–Kier alpha value is -1.18. The molecule has 2 unspecified atom stereocenters. The van der Waals surface area contributed by atoms with Crippen molar-refractivity contribution < 1.29 is 18.4 Å². The summed E-state index contributed by atoms with van der Waals surface area (Å²) >= 11 is 5.57. The van der Waals surface area contributed by atoms with Crippen LogP contribution in [-0.4, -0.2) is 29.4 Å². The van der Waals surface area contributed by atoms with Gasteiger partial charge in [-0.2, -0.15) is 0 Å². The Morgan fingerprint density at radius 2 is 2.06 bits per heavy atom. The SMILES string of the molecule is CS(=O)(=O)C(Cl)C(O)c1cccc([N+](=O)[O-])c1. The van der Waals surface area contributed by atoms with Crippen molar-refractivity contribution in [1.82, 2.24) is 0 Å². The molecular weight excluding hydrogens is 270 g/mol. The fraction of sp³-hybridized carbons (Fsp3) is 0.333. The number of aliphatic hydroxyl groups is 1. The highest BCUT2D eigenvalue weighted by Gasteiger charge is 2.28. The summed E-state index contributed by atoms with van der Waals surface area (Å²) in [6.45, 7) is 0. The molecule has 1 aromatic rings. The van der Waals surface area contributed by atoms with Gasteiger partial charge in [0.25, 0.3) is 5.69 Å². The molecule has 0 bridgehead atoms. The third-order valence-electron chi connectivity index (χ3n) is 2.08. The van der Waals surface area contributed by atoms with Crippen LogP contribution >= 0.6 is 11.6 Å². The molecule has 2 atom stereocenters. The standard InChI is InChI=1S/C9H10ClNO5S/c1-17(15,16)9(10)8(12)6-3-2-4-7(5-6)11(13)14/h2-5,8-9,12H,1H3. The van der Waals surface area contributed by atoms with Gasteiger partial charge >= 0.3 is 0 Å². The molecular formula is C9H10ClNO5S. The van der Waals surface area contributed by atoms with Gasteiger partial charge in [0.1, 0.15) is 6.10 Å². The van der Waals surface area contributed by atoms with Crippen molar-refractivity contribution in [1.29, 1.82) is 0 Å². The zero-order valence-corrected chi connectivity index (χ0v) is 10.4. The number of alkyl halides is 1. The van der Waals surface area contributed by atoms with Crippen LogP contribution in [0.2, 0.25) is 0 Å². The first kappa shape index (κ1) is 13.9. The average molecular weight is 280 g/mol. The molecule has 1 aromatic carbocycles. The first-order chi connectivity index (χ1) is 7.73. The molecule has 0 radical (unpaired) electrons. The summed E-state index contributed by atoms with van der Waals surface area (Å²) < 4.78 is 20.7. The number of hydrogen-bond acceptors (Lipinski definition) is 5. The van der Waals surface area contributed by atoms with E-state index in [9.17, 15) is 23.6 Å². The van der Waals surface area contributed by atoms with Gasteiger partial charge in [0.2, 0.25) is 0 Å². The van der Waals surface area contributed by atoms with Crippen LogP contribution in [0.1, 0.15) is 11.7 Å². The number of non-ortho nitro benzene ring substituents is 1. The molecule has 0 fully saturated rings. The zero-order valence-electron chi connectivity index (χ0n) is 8.78. The molecule has 1 N–H and O–H groups in total. The van der Waals surface area contributed by atoms with Gasteiger partial charge in [0, 0.05) is 18.4 Å². The Labute approximate surface area is 103 Å². The van der Waals surface area contributed by atoms with Crippen molar-refractivity contribution >= 4 is 27.1 Å². The predicted octanol–water partition coefficient (Wildman–Crippen LogP) is 1.24. The van der Waals surface area contributed by atoms with Crippen molar-refractivity contribution in [2.75, 3.05) is 6.26 Å². The molecule has 0 heterocycles. The van der Waals surface area contributed by atoms with Gasteiger partial charge in [-0.25, -0.2) is 8.42 Å². The Balaban J connectivity index is 3.09. The average Bonchev–Trinajstić information content (AvgIpc) is 2.26. The maximum atomic E-state index is 11.1. The highest BCUT2D eigenvalue weighted by Crippen LogP contribution is 2.27. The second kappa shape index (κ2) is 4.99. The van der Waals surface area contributed by atoms with Crippen LogP contribution < -0.4 is 0 Å². The summed E-state index contributed by atoms with van der Waals surface area (Å²) in [6.07, 6.45) is -0.628. The number of sulfone groups is 1. The Morgan fingerprint density at radius 1 is 1.47 bits per heavy atom. The van der Waals surface area contributed by atoms with Gasteiger partial charge in [-0.05, 0) is 5.56 Å². The van der Waals surface area contributed by atoms with Gasteiger partial charge in [0.15, 0.2) is 14.5 Å². The lowest BCUT2D eigenvalue weighted by atomic mass is 10.1. The van der Waals surface area contributed by atoms with Crippen molar-refractivity contribution in [2.45, 2.75) is 10.8 Å². The summed E-state index contributed by atoms with van der Waals surface area (Å²) in [5.41, 5.74) is -0.149. The first-order valence-corrected chi connectivity index (χ1v) is 6.88. The molecule has 0 aliphatic heterocycles. The van der Waals surface area contributed by atoms with Crippen LogP contribution in [0, 0.1) is 10.1 Å². The molecule has 1 rings (SSSR count). The molecule has 0 aromatic heterocycles. The zero-order chi connectivity index (χ0) is 13.2. The highest BCUT2D eigenvalue weighted by molar-refractivity contribution is 7.92. The summed E-state index contributed by atoms with van der Waals surface area (Å²) in [4.78, 5) is 9.88. The second-order valence-corrected chi connectivity index (χ2v) is 6.37. The lowest BCUT2D eigenvalue weighted by Gasteiger charge is -2.15. The lowest BCUT2D eigenvalue weighted by molar-refractivity contribution is -0.385. The molecule has 8 heteroatoms. The number of benzene rings is 1. The van der Waals surface area contributed by atoms with E-state index in [1.54, 1.807) is 0 Å². The summed E-state index contributed by atoms with van der Waals surface area (Å²) in [5, 5.41) is 20.2. The third kappa shape index (κ3) is 3.39. The minimum atomic E-state index is -3.64. The molecule has 0 aliphatic rings. The molecule has 17 heavy (non-hydrogen) atoms. The number of rotatable bonds is 4. The van der Waals surface area contributed by atoms with Gasteiger partial charge < -0.3 is 5.11 Å². The fourth-order valence-electron chi connectivity index (χ4n) is 1.21. The van der Waals surface area contributed by atoms with E-state index in [2.05, 4.69) is 0 Å². The number of halogens is 1. The Kier molecular flexibility index (Phi) is 4.07. The fourth-order valence-corrected chi connectivity index (χ4v) is 1.98. The molecule has 0 aliphatic carbocycles. The van der Waals surface area contributed by atoms with E-state index in [0.717, 1.165) is 12.3 Å². The Morgan fingerprint density at radius 3 is 2.53 bits per heavy atom. The number of nitro groups is 1. The van der Waals surface area contributed by atoms with Crippen LogP contribution in [-0.2, 0) is 9.84 Å². The van der Waals surface area contributed by atoms with Gasteiger partial charge in [-0.15, -0.1) is 11.6 Å². The number of nitro benzene ring substituents is 1. The Bertz CT molecular complexity index is 530. The van der Waals surface area contributed by atoms with E-state index in [1.165, 1.54) is 18.2 Å². The van der Waals surface area contributed by atoms with E-state index in [-0.39, 0.29) is 11.3 Å². The monoisotopic (exact) mass is 279 g/mol. The molecule has 94 valence electrons. The van der Waals surface area contributed by atoms with Gasteiger partial charge in [-0.1, -0.05) is 12.1 Å². The second-order valence-electron chi connectivity index (χ2n) is 3.48. The van der Waals surface area contributed by atoms with Crippen molar-refractivity contribution in [3.63, 3.8) is 0 Å². The minimum absolute atomic E-state index is 0.0876. The van der Waals surface area contributed by atoms with Gasteiger partial charge in [0.05, 0.1) is 4.92 Å². The van der Waals surface area contributed by atoms with Crippen LogP contribution in [0.15, 0.2) is 24.3 Å². The quantitative estimate of drug-likeness (QED) is 0.508. The number of hydrogen-bond donors (Lipinski definition) is 1. The van der Waals surface area contributed by atoms with Crippen molar-refractivity contribution in [3.8, 4) is 0 Å². The summed E-state index contributed by atoms with van der Waals surface area (Å²) in [7, 11) is -3.64. The van der Waals surface area contributed by atoms with Crippen molar-refractivity contribution in [3.05, 3.63) is 39.9 Å². The molecule has 0 saturated heterocycles. The number of nitrogens with zero attached hydrogens (tertiary/aromatic N) is 1. The molecule has 0 amide bonds. The van der Waals surface area contributed by atoms with Gasteiger partial charge in [-0.3, -0.25) is 10.1 Å². The normalized spacial score (nSPS) is 15.2. The van der Waals surface area contributed by atoms with E-state index >= 15 is 0 Å². The van der Waals surface area contributed by atoms with Crippen LogP contribution in [0.25, 0.3) is 0 Å². The molecule has 0 saturated carbocycles. The molecule has 6 nitrogen and oxygen atoms in total.